The van der Waals surface area contributed by atoms with Crippen molar-refractivity contribution >= 4 is 5.91 Å². The molecule has 2 unspecified atom stereocenters. The molecule has 0 spiro atoms. The van der Waals surface area contributed by atoms with Gasteiger partial charge < -0.3 is 19.7 Å². The highest BCUT2D eigenvalue weighted by molar-refractivity contribution is 5.78. The average Bonchev–Trinajstić information content (AvgIpc) is 3.05. The molecule has 2 heterocycles. The zero-order valence-electron chi connectivity index (χ0n) is 15.5. The van der Waals surface area contributed by atoms with Gasteiger partial charge in [-0.05, 0) is 37.1 Å². The van der Waals surface area contributed by atoms with Crippen molar-refractivity contribution in [3.63, 3.8) is 0 Å². The van der Waals surface area contributed by atoms with E-state index in [2.05, 4.69) is 29.6 Å². The summed E-state index contributed by atoms with van der Waals surface area (Å²) in [5, 5.41) is 3.49. The van der Waals surface area contributed by atoms with Gasteiger partial charge in [-0.25, -0.2) is 0 Å². The van der Waals surface area contributed by atoms with E-state index in [9.17, 15) is 4.79 Å². The standard InChI is InChI=1S/C22H26N2O3/c25-22-11-10-18(12-13-23-14-17-6-2-1-3-7-17)24(22)15-19-16-26-20-8-4-5-9-21(20)27-19/h1-9,18-19,23H,10-16H2. The number of carbonyl (C=O) groups excluding carboxylic acids is 1. The monoisotopic (exact) mass is 366 g/mol. The van der Waals surface area contributed by atoms with Crippen LogP contribution in [0.15, 0.2) is 54.6 Å². The van der Waals surface area contributed by atoms with E-state index in [-0.39, 0.29) is 18.1 Å². The fourth-order valence-corrected chi connectivity index (χ4v) is 3.81. The predicted octanol–water partition coefficient (Wildman–Crippen LogP) is 3.00. The number of ether oxygens (including phenoxy) is 2. The Balaban J connectivity index is 1.27. The Morgan fingerprint density at radius 1 is 1.04 bits per heavy atom. The molecule has 5 nitrogen and oxygen atoms in total. The van der Waals surface area contributed by atoms with Crippen molar-refractivity contribution in [2.24, 2.45) is 0 Å². The maximum atomic E-state index is 12.4. The van der Waals surface area contributed by atoms with Gasteiger partial charge in [0.15, 0.2) is 17.6 Å². The third-order valence-corrected chi connectivity index (χ3v) is 5.25. The Kier molecular flexibility index (Phi) is 5.58. The predicted molar refractivity (Wildman–Crippen MR) is 104 cm³/mol. The second kappa shape index (κ2) is 8.44. The number of para-hydroxylation sites is 2. The Bertz CT molecular complexity index is 765. The molecule has 142 valence electrons. The van der Waals surface area contributed by atoms with Gasteiger partial charge in [0.2, 0.25) is 5.91 Å². The molecule has 1 amide bonds. The van der Waals surface area contributed by atoms with Crippen LogP contribution in [0.5, 0.6) is 11.5 Å². The van der Waals surface area contributed by atoms with Gasteiger partial charge in [0.25, 0.3) is 0 Å². The number of benzene rings is 2. The van der Waals surface area contributed by atoms with Gasteiger partial charge >= 0.3 is 0 Å². The molecule has 5 heteroatoms. The molecular weight excluding hydrogens is 340 g/mol. The van der Waals surface area contributed by atoms with E-state index in [4.69, 9.17) is 9.47 Å². The number of rotatable bonds is 7. The van der Waals surface area contributed by atoms with Gasteiger partial charge in [-0.1, -0.05) is 42.5 Å². The molecule has 0 radical (unpaired) electrons. The number of likely N-dealkylation sites (tertiary alicyclic amines) is 1. The van der Waals surface area contributed by atoms with Crippen molar-refractivity contribution < 1.29 is 14.3 Å². The number of nitrogens with zero attached hydrogens (tertiary/aromatic N) is 1. The second-order valence-corrected chi connectivity index (χ2v) is 7.19. The molecule has 1 saturated heterocycles. The van der Waals surface area contributed by atoms with E-state index in [1.165, 1.54) is 5.56 Å². The molecule has 1 N–H and O–H groups in total. The lowest BCUT2D eigenvalue weighted by atomic mass is 10.1. The molecule has 2 aromatic rings. The maximum Gasteiger partial charge on any atom is 0.223 e. The molecule has 0 bridgehead atoms. The fourth-order valence-electron chi connectivity index (χ4n) is 3.81. The highest BCUT2D eigenvalue weighted by Gasteiger charge is 2.34. The van der Waals surface area contributed by atoms with Crippen LogP contribution in [0.1, 0.15) is 24.8 Å². The summed E-state index contributed by atoms with van der Waals surface area (Å²) in [6, 6.07) is 18.4. The minimum absolute atomic E-state index is 0.110. The summed E-state index contributed by atoms with van der Waals surface area (Å²) in [4.78, 5) is 14.4. The zero-order chi connectivity index (χ0) is 18.5. The van der Waals surface area contributed by atoms with E-state index >= 15 is 0 Å². The molecule has 27 heavy (non-hydrogen) atoms. The second-order valence-electron chi connectivity index (χ2n) is 7.19. The fraction of sp³-hybridized carbons (Fsp3) is 0.409. The van der Waals surface area contributed by atoms with Crippen molar-refractivity contribution in [2.75, 3.05) is 19.7 Å². The van der Waals surface area contributed by atoms with Gasteiger partial charge in [-0.15, -0.1) is 0 Å². The number of hydrogen-bond donors (Lipinski definition) is 1. The summed E-state index contributed by atoms with van der Waals surface area (Å²) < 4.78 is 11.8. The summed E-state index contributed by atoms with van der Waals surface area (Å²) >= 11 is 0. The molecule has 2 atom stereocenters. The van der Waals surface area contributed by atoms with E-state index in [0.29, 0.717) is 19.6 Å². The molecule has 4 rings (SSSR count). The topological polar surface area (TPSA) is 50.8 Å². The number of carbonyl (C=O) groups is 1. The van der Waals surface area contributed by atoms with Gasteiger partial charge in [0.05, 0.1) is 6.54 Å². The molecular formula is C22H26N2O3. The van der Waals surface area contributed by atoms with Crippen LogP contribution >= 0.6 is 0 Å². The summed E-state index contributed by atoms with van der Waals surface area (Å²) in [7, 11) is 0. The first-order valence-electron chi connectivity index (χ1n) is 9.72. The number of nitrogens with one attached hydrogen (secondary N) is 1. The van der Waals surface area contributed by atoms with Crippen LogP contribution in [0.2, 0.25) is 0 Å². The first-order chi connectivity index (χ1) is 13.3. The highest BCUT2D eigenvalue weighted by Crippen LogP contribution is 2.32. The molecule has 2 aliphatic rings. The number of amides is 1. The lowest BCUT2D eigenvalue weighted by Gasteiger charge is -2.32. The summed E-state index contributed by atoms with van der Waals surface area (Å²) in [6.07, 6.45) is 2.41. The molecule has 2 aliphatic heterocycles. The van der Waals surface area contributed by atoms with E-state index in [1.807, 2.05) is 35.2 Å². The van der Waals surface area contributed by atoms with Crippen LogP contribution < -0.4 is 14.8 Å². The summed E-state index contributed by atoms with van der Waals surface area (Å²) in [6.45, 7) is 2.84. The third kappa shape index (κ3) is 4.42. The molecule has 1 fully saturated rings. The smallest absolute Gasteiger partial charge is 0.223 e. The summed E-state index contributed by atoms with van der Waals surface area (Å²) in [5.41, 5.74) is 1.28. The van der Waals surface area contributed by atoms with Crippen molar-refractivity contribution in [2.45, 2.75) is 38.0 Å². The average molecular weight is 366 g/mol. The van der Waals surface area contributed by atoms with Gasteiger partial charge in [0, 0.05) is 19.0 Å². The van der Waals surface area contributed by atoms with Crippen molar-refractivity contribution in [1.82, 2.24) is 10.2 Å². The Hall–Kier alpha value is -2.53. The van der Waals surface area contributed by atoms with Crippen LogP contribution in [0.4, 0.5) is 0 Å². The molecule has 0 aromatic heterocycles. The quantitative estimate of drug-likeness (QED) is 0.766. The maximum absolute atomic E-state index is 12.4. The van der Waals surface area contributed by atoms with E-state index < -0.39 is 0 Å². The normalized spacial score (nSPS) is 21.5. The van der Waals surface area contributed by atoms with Crippen LogP contribution in [0.25, 0.3) is 0 Å². The lowest BCUT2D eigenvalue weighted by molar-refractivity contribution is -0.130. The van der Waals surface area contributed by atoms with Crippen LogP contribution in [-0.2, 0) is 11.3 Å². The largest absolute Gasteiger partial charge is 0.486 e. The van der Waals surface area contributed by atoms with Crippen LogP contribution in [0.3, 0.4) is 0 Å². The third-order valence-electron chi connectivity index (χ3n) is 5.25. The van der Waals surface area contributed by atoms with Crippen molar-refractivity contribution in [3.8, 4) is 11.5 Å². The Morgan fingerprint density at radius 2 is 1.81 bits per heavy atom. The molecule has 2 aromatic carbocycles. The van der Waals surface area contributed by atoms with E-state index in [1.54, 1.807) is 0 Å². The number of fused-ring (bicyclic) bond motifs is 1. The lowest BCUT2D eigenvalue weighted by Crippen LogP contribution is -2.45. The molecule has 0 aliphatic carbocycles. The van der Waals surface area contributed by atoms with Crippen LogP contribution in [-0.4, -0.2) is 42.6 Å². The minimum atomic E-state index is -0.110. The molecule has 0 saturated carbocycles. The van der Waals surface area contributed by atoms with Gasteiger partial charge in [-0.2, -0.15) is 0 Å². The van der Waals surface area contributed by atoms with Crippen LogP contribution in [0, 0.1) is 0 Å². The van der Waals surface area contributed by atoms with Crippen molar-refractivity contribution in [3.05, 3.63) is 60.2 Å². The zero-order valence-corrected chi connectivity index (χ0v) is 15.5. The minimum Gasteiger partial charge on any atom is -0.486 e. The SMILES string of the molecule is O=C1CCC(CCNCc2ccccc2)N1CC1COc2ccccc2O1. The first kappa shape index (κ1) is 17.9. The van der Waals surface area contributed by atoms with E-state index in [0.717, 1.165) is 37.4 Å². The van der Waals surface area contributed by atoms with Gasteiger partial charge in [-0.3, -0.25) is 4.79 Å². The summed E-state index contributed by atoms with van der Waals surface area (Å²) in [5.74, 6) is 1.77. The Labute approximate surface area is 160 Å². The number of hydrogen-bond acceptors (Lipinski definition) is 4. The van der Waals surface area contributed by atoms with Crippen molar-refractivity contribution in [1.29, 1.82) is 0 Å². The Morgan fingerprint density at radius 3 is 2.67 bits per heavy atom. The highest BCUT2D eigenvalue weighted by atomic mass is 16.6. The first-order valence-corrected chi connectivity index (χ1v) is 9.72. The van der Waals surface area contributed by atoms with Gasteiger partial charge in [0.1, 0.15) is 6.61 Å².